The van der Waals surface area contributed by atoms with Crippen LogP contribution in [0.5, 0.6) is 5.75 Å². The third kappa shape index (κ3) is 4.83. The molecule has 0 saturated carbocycles. The second kappa shape index (κ2) is 10.1. The van der Waals surface area contributed by atoms with E-state index in [1.165, 1.54) is 6.20 Å². The van der Waals surface area contributed by atoms with E-state index in [2.05, 4.69) is 5.32 Å². The smallest absolute Gasteiger partial charge is 0.274 e. The van der Waals surface area contributed by atoms with Crippen molar-refractivity contribution in [1.29, 1.82) is 0 Å². The predicted octanol–water partition coefficient (Wildman–Crippen LogP) is 3.96. The SMILES string of the molecule is O=C(NCc1c(F)cc(F)cc1F)c1cn2c(c(OCc3ccccc3)c1=O)C(=O)N1CCCC[C@@H]2C1. The second-order valence-corrected chi connectivity index (χ2v) is 9.16. The van der Waals surface area contributed by atoms with Gasteiger partial charge in [-0.05, 0) is 24.8 Å². The van der Waals surface area contributed by atoms with Crippen molar-refractivity contribution in [3.05, 3.63) is 98.7 Å². The van der Waals surface area contributed by atoms with Crippen molar-refractivity contribution < 1.29 is 27.5 Å². The molecular weight excluding hydrogens is 487 g/mol. The third-order valence-corrected chi connectivity index (χ3v) is 6.72. The summed E-state index contributed by atoms with van der Waals surface area (Å²) in [6.45, 7) is 0.408. The van der Waals surface area contributed by atoms with Gasteiger partial charge in [-0.3, -0.25) is 14.4 Å². The lowest BCUT2D eigenvalue weighted by Crippen LogP contribution is -2.44. The van der Waals surface area contributed by atoms with E-state index in [-0.39, 0.29) is 35.6 Å². The van der Waals surface area contributed by atoms with Crippen LogP contribution in [0.1, 0.15) is 57.3 Å². The molecule has 1 aromatic heterocycles. The van der Waals surface area contributed by atoms with Gasteiger partial charge < -0.3 is 19.5 Å². The minimum Gasteiger partial charge on any atom is -0.483 e. The molecule has 1 saturated heterocycles. The van der Waals surface area contributed by atoms with Gasteiger partial charge in [0, 0.05) is 43.5 Å². The van der Waals surface area contributed by atoms with Crippen LogP contribution in [0.15, 0.2) is 53.5 Å². The van der Waals surface area contributed by atoms with Gasteiger partial charge in [0.2, 0.25) is 5.43 Å². The van der Waals surface area contributed by atoms with Gasteiger partial charge in [0.15, 0.2) is 11.4 Å². The molecule has 2 bridgehead atoms. The number of nitrogens with one attached hydrogen (secondary N) is 1. The molecule has 0 radical (unpaired) electrons. The summed E-state index contributed by atoms with van der Waals surface area (Å²) in [5, 5.41) is 2.34. The fourth-order valence-electron chi connectivity index (χ4n) is 4.82. The van der Waals surface area contributed by atoms with Crippen LogP contribution in [-0.4, -0.2) is 34.4 Å². The topological polar surface area (TPSA) is 80.6 Å². The standard InChI is InChI=1S/C27H24F3N3O4/c28-17-10-21(29)19(22(30)11-17)12-31-26(35)20-14-33-18-8-4-5-9-32(13-18)27(36)23(33)25(24(20)34)37-15-16-6-2-1-3-7-16/h1-3,6-7,10-11,14,18H,4-5,8-9,12-13,15H2,(H,31,35)/t18-/m1/s1. The highest BCUT2D eigenvalue weighted by atomic mass is 19.1. The molecule has 0 unspecified atom stereocenters. The Kier molecular flexibility index (Phi) is 6.73. The average Bonchev–Trinajstić information content (AvgIpc) is 3.10. The molecule has 2 aromatic carbocycles. The molecule has 192 valence electrons. The van der Waals surface area contributed by atoms with Crippen molar-refractivity contribution in [3.8, 4) is 5.75 Å². The van der Waals surface area contributed by atoms with Crippen LogP contribution in [0.2, 0.25) is 0 Å². The van der Waals surface area contributed by atoms with E-state index >= 15 is 0 Å². The summed E-state index contributed by atoms with van der Waals surface area (Å²) in [5.74, 6) is -4.87. The zero-order chi connectivity index (χ0) is 26.1. The zero-order valence-electron chi connectivity index (χ0n) is 19.8. The number of aromatic nitrogens is 1. The van der Waals surface area contributed by atoms with Gasteiger partial charge in [-0.2, -0.15) is 0 Å². The van der Waals surface area contributed by atoms with Crippen molar-refractivity contribution in [3.63, 3.8) is 0 Å². The minimum atomic E-state index is -1.16. The maximum Gasteiger partial charge on any atom is 0.274 e. The number of hydrogen-bond acceptors (Lipinski definition) is 4. The highest BCUT2D eigenvalue weighted by Gasteiger charge is 2.37. The molecule has 5 rings (SSSR count). The number of halogens is 3. The zero-order valence-corrected chi connectivity index (χ0v) is 19.8. The lowest BCUT2D eigenvalue weighted by molar-refractivity contribution is 0.0673. The minimum absolute atomic E-state index is 0.00188. The Morgan fingerprint density at radius 1 is 1.05 bits per heavy atom. The fraction of sp³-hybridized carbons (Fsp3) is 0.296. The Morgan fingerprint density at radius 2 is 1.78 bits per heavy atom. The first-order valence-corrected chi connectivity index (χ1v) is 12.0. The van der Waals surface area contributed by atoms with Gasteiger partial charge in [-0.15, -0.1) is 0 Å². The van der Waals surface area contributed by atoms with Crippen LogP contribution in [0.3, 0.4) is 0 Å². The molecule has 2 amide bonds. The van der Waals surface area contributed by atoms with Gasteiger partial charge >= 0.3 is 0 Å². The largest absolute Gasteiger partial charge is 0.483 e. The number of carbonyl (C=O) groups excluding carboxylic acids is 2. The molecule has 1 fully saturated rings. The first kappa shape index (κ1) is 24.6. The molecule has 10 heteroatoms. The van der Waals surface area contributed by atoms with Crippen molar-refractivity contribution in [2.75, 3.05) is 13.1 Å². The average molecular weight is 512 g/mol. The summed E-state index contributed by atoms with van der Waals surface area (Å²) in [4.78, 5) is 41.6. The molecule has 0 spiro atoms. The lowest BCUT2D eigenvalue weighted by Gasteiger charge is -2.35. The Bertz CT molecular complexity index is 1400. The van der Waals surface area contributed by atoms with E-state index in [1.807, 2.05) is 18.2 Å². The number of nitrogens with zero attached hydrogens (tertiary/aromatic N) is 2. The number of carbonyl (C=O) groups is 2. The molecule has 2 aliphatic heterocycles. The van der Waals surface area contributed by atoms with Gasteiger partial charge in [0.05, 0.1) is 6.04 Å². The normalized spacial score (nSPS) is 16.7. The summed E-state index contributed by atoms with van der Waals surface area (Å²) < 4.78 is 48.9. The molecule has 2 aliphatic rings. The van der Waals surface area contributed by atoms with Gasteiger partial charge in [-0.1, -0.05) is 30.3 Å². The number of amides is 2. The maximum absolute atomic E-state index is 14.1. The maximum atomic E-state index is 14.1. The van der Waals surface area contributed by atoms with Crippen LogP contribution in [0, 0.1) is 17.5 Å². The Balaban J connectivity index is 1.52. The molecule has 37 heavy (non-hydrogen) atoms. The van der Waals surface area contributed by atoms with Crippen LogP contribution in [0.25, 0.3) is 0 Å². The lowest BCUT2D eigenvalue weighted by atomic mass is 10.1. The van der Waals surface area contributed by atoms with E-state index in [0.29, 0.717) is 25.2 Å². The van der Waals surface area contributed by atoms with Crippen molar-refractivity contribution >= 4 is 11.8 Å². The van der Waals surface area contributed by atoms with E-state index in [9.17, 15) is 27.6 Å². The molecular formula is C27H24F3N3O4. The van der Waals surface area contributed by atoms with E-state index in [0.717, 1.165) is 24.8 Å². The Labute approximate surface area is 210 Å². The Hall–Kier alpha value is -4.08. The third-order valence-electron chi connectivity index (χ3n) is 6.72. The van der Waals surface area contributed by atoms with Crippen LogP contribution in [-0.2, 0) is 13.2 Å². The highest BCUT2D eigenvalue weighted by molar-refractivity contribution is 5.99. The number of ether oxygens (including phenoxy) is 1. The van der Waals surface area contributed by atoms with Crippen molar-refractivity contribution in [1.82, 2.24) is 14.8 Å². The van der Waals surface area contributed by atoms with Crippen LogP contribution in [0.4, 0.5) is 13.2 Å². The fourth-order valence-corrected chi connectivity index (χ4v) is 4.82. The van der Waals surface area contributed by atoms with Gasteiger partial charge in [0.25, 0.3) is 11.8 Å². The summed E-state index contributed by atoms with van der Waals surface area (Å²) in [5.41, 5.74) is -0.805. The number of pyridine rings is 1. The number of hydrogen-bond donors (Lipinski definition) is 1. The summed E-state index contributed by atoms with van der Waals surface area (Å²) in [7, 11) is 0. The predicted molar refractivity (Wildman–Crippen MR) is 128 cm³/mol. The summed E-state index contributed by atoms with van der Waals surface area (Å²) in [6.07, 6.45) is 3.75. The molecule has 7 nitrogen and oxygen atoms in total. The molecule has 3 aromatic rings. The second-order valence-electron chi connectivity index (χ2n) is 9.16. The quantitative estimate of drug-likeness (QED) is 0.544. The first-order chi connectivity index (χ1) is 17.8. The van der Waals surface area contributed by atoms with Crippen molar-refractivity contribution in [2.45, 2.75) is 38.5 Å². The number of benzene rings is 2. The highest BCUT2D eigenvalue weighted by Crippen LogP contribution is 2.32. The molecule has 1 atom stereocenters. The molecule has 0 aliphatic carbocycles. The Morgan fingerprint density at radius 3 is 2.51 bits per heavy atom. The molecule has 3 heterocycles. The van der Waals surface area contributed by atoms with Crippen LogP contribution < -0.4 is 15.5 Å². The first-order valence-electron chi connectivity index (χ1n) is 12.0. The summed E-state index contributed by atoms with van der Waals surface area (Å²) in [6, 6.07) is 9.92. The van der Waals surface area contributed by atoms with E-state index < -0.39 is 40.9 Å². The number of fused-ring (bicyclic) bond motifs is 4. The van der Waals surface area contributed by atoms with Gasteiger partial charge in [0.1, 0.15) is 29.6 Å². The molecule has 1 N–H and O–H groups in total. The van der Waals surface area contributed by atoms with Gasteiger partial charge in [-0.25, -0.2) is 13.2 Å². The number of rotatable bonds is 6. The van der Waals surface area contributed by atoms with Crippen LogP contribution >= 0.6 is 0 Å². The van der Waals surface area contributed by atoms with Crippen molar-refractivity contribution in [2.24, 2.45) is 0 Å². The van der Waals surface area contributed by atoms with E-state index in [4.69, 9.17) is 4.74 Å². The summed E-state index contributed by atoms with van der Waals surface area (Å²) >= 11 is 0. The van der Waals surface area contributed by atoms with E-state index in [1.54, 1.807) is 21.6 Å². The monoisotopic (exact) mass is 511 g/mol.